The van der Waals surface area contributed by atoms with E-state index in [9.17, 15) is 4.79 Å². The fraction of sp³-hybridized carbons (Fsp3) is 0.158. The number of halogens is 1. The summed E-state index contributed by atoms with van der Waals surface area (Å²) in [7, 11) is 0. The topological polar surface area (TPSA) is 49.0 Å². The smallest absolute Gasteiger partial charge is 0.253 e. The molecule has 4 rings (SSSR count). The van der Waals surface area contributed by atoms with Gasteiger partial charge in [0.15, 0.2) is 0 Å². The summed E-state index contributed by atoms with van der Waals surface area (Å²) < 4.78 is 0. The van der Waals surface area contributed by atoms with Gasteiger partial charge in [-0.3, -0.25) is 4.79 Å². The first-order valence-corrected chi connectivity index (χ1v) is 8.22. The Balaban J connectivity index is 1.41. The molecule has 0 atom stereocenters. The molecule has 4 nitrogen and oxygen atoms in total. The van der Waals surface area contributed by atoms with Gasteiger partial charge in [0, 0.05) is 29.6 Å². The van der Waals surface area contributed by atoms with Gasteiger partial charge >= 0.3 is 0 Å². The standard InChI is InChI=1S/C19H16ClN3O/c20-17-7-5-13(6-8-17)16-10-23(11-16)19(24)15-3-1-14(2-4-15)18-9-21-12-22-18/h1-9,12,16H,10-11H2,(H,21,22). The highest BCUT2D eigenvalue weighted by Gasteiger charge is 2.32. The lowest BCUT2D eigenvalue weighted by Gasteiger charge is -2.39. The minimum Gasteiger partial charge on any atom is -0.345 e. The van der Waals surface area contributed by atoms with Crippen molar-refractivity contribution >= 4 is 17.5 Å². The Labute approximate surface area is 145 Å². The van der Waals surface area contributed by atoms with Gasteiger partial charge in [-0.05, 0) is 35.4 Å². The zero-order valence-corrected chi connectivity index (χ0v) is 13.7. The molecule has 120 valence electrons. The fourth-order valence-corrected chi connectivity index (χ4v) is 3.10. The van der Waals surface area contributed by atoms with Gasteiger partial charge in [-0.25, -0.2) is 4.98 Å². The minimum absolute atomic E-state index is 0.0800. The number of amides is 1. The summed E-state index contributed by atoms with van der Waals surface area (Å²) in [6.07, 6.45) is 3.41. The van der Waals surface area contributed by atoms with Crippen LogP contribution in [-0.4, -0.2) is 33.9 Å². The third-order valence-electron chi connectivity index (χ3n) is 4.45. The molecule has 0 aliphatic carbocycles. The summed E-state index contributed by atoms with van der Waals surface area (Å²) in [5, 5.41) is 0.739. The van der Waals surface area contributed by atoms with Crippen molar-refractivity contribution < 1.29 is 4.79 Å². The molecular formula is C19H16ClN3O. The van der Waals surface area contributed by atoms with E-state index in [1.54, 1.807) is 12.5 Å². The van der Waals surface area contributed by atoms with Gasteiger partial charge in [0.1, 0.15) is 0 Å². The van der Waals surface area contributed by atoms with Gasteiger partial charge in [0.05, 0.1) is 18.2 Å². The first-order chi connectivity index (χ1) is 11.7. The number of carbonyl (C=O) groups excluding carboxylic acids is 1. The van der Waals surface area contributed by atoms with Crippen LogP contribution in [0.5, 0.6) is 0 Å². The number of aromatic nitrogens is 2. The lowest BCUT2D eigenvalue weighted by molar-refractivity contribution is 0.0602. The van der Waals surface area contributed by atoms with Crippen LogP contribution in [0.3, 0.4) is 0 Å². The van der Waals surface area contributed by atoms with Crippen LogP contribution >= 0.6 is 11.6 Å². The second-order valence-corrected chi connectivity index (χ2v) is 6.44. The van der Waals surface area contributed by atoms with Crippen LogP contribution in [0.4, 0.5) is 0 Å². The van der Waals surface area contributed by atoms with Gasteiger partial charge in [0.25, 0.3) is 5.91 Å². The first kappa shape index (κ1) is 15.0. The fourth-order valence-electron chi connectivity index (χ4n) is 2.98. The molecule has 0 spiro atoms. The molecule has 5 heteroatoms. The van der Waals surface area contributed by atoms with Crippen LogP contribution in [0.1, 0.15) is 21.8 Å². The highest BCUT2D eigenvalue weighted by Crippen LogP contribution is 2.29. The number of carbonyl (C=O) groups is 1. The summed E-state index contributed by atoms with van der Waals surface area (Å²) >= 11 is 5.92. The largest absolute Gasteiger partial charge is 0.345 e. The van der Waals surface area contributed by atoms with E-state index in [1.165, 1.54) is 5.56 Å². The van der Waals surface area contributed by atoms with E-state index in [2.05, 4.69) is 9.97 Å². The molecule has 2 heterocycles. The average Bonchev–Trinajstić information content (AvgIpc) is 3.10. The number of hydrogen-bond acceptors (Lipinski definition) is 2. The second kappa shape index (κ2) is 6.13. The Morgan fingerprint density at radius 2 is 1.79 bits per heavy atom. The van der Waals surface area contributed by atoms with Gasteiger partial charge in [-0.2, -0.15) is 0 Å². The molecule has 1 aromatic heterocycles. The summed E-state index contributed by atoms with van der Waals surface area (Å²) in [6.45, 7) is 1.51. The molecular weight excluding hydrogens is 322 g/mol. The molecule has 24 heavy (non-hydrogen) atoms. The first-order valence-electron chi connectivity index (χ1n) is 7.84. The molecule has 1 amide bonds. The molecule has 0 bridgehead atoms. The van der Waals surface area contributed by atoms with Crippen LogP contribution in [-0.2, 0) is 0 Å². The van der Waals surface area contributed by atoms with E-state index in [0.29, 0.717) is 11.5 Å². The molecule has 2 aromatic carbocycles. The van der Waals surface area contributed by atoms with Crippen molar-refractivity contribution in [3.63, 3.8) is 0 Å². The van der Waals surface area contributed by atoms with E-state index < -0.39 is 0 Å². The maximum absolute atomic E-state index is 12.5. The van der Waals surface area contributed by atoms with Crippen molar-refractivity contribution in [2.24, 2.45) is 0 Å². The van der Waals surface area contributed by atoms with Crippen LogP contribution in [0.15, 0.2) is 61.1 Å². The van der Waals surface area contributed by atoms with Crippen LogP contribution in [0.25, 0.3) is 11.3 Å². The Morgan fingerprint density at radius 3 is 2.42 bits per heavy atom. The molecule has 1 aliphatic heterocycles. The SMILES string of the molecule is O=C(c1ccc(-c2cnc[nH]2)cc1)N1CC(c2ccc(Cl)cc2)C1. The van der Waals surface area contributed by atoms with Crippen molar-refractivity contribution in [1.29, 1.82) is 0 Å². The quantitative estimate of drug-likeness (QED) is 0.786. The second-order valence-electron chi connectivity index (χ2n) is 6.00. The number of nitrogens with zero attached hydrogens (tertiary/aromatic N) is 2. The maximum Gasteiger partial charge on any atom is 0.253 e. The number of H-pyrrole nitrogens is 1. The van der Waals surface area contributed by atoms with E-state index >= 15 is 0 Å². The van der Waals surface area contributed by atoms with E-state index in [0.717, 1.165) is 29.4 Å². The third kappa shape index (κ3) is 2.81. The third-order valence-corrected chi connectivity index (χ3v) is 4.70. The van der Waals surface area contributed by atoms with Crippen molar-refractivity contribution in [1.82, 2.24) is 14.9 Å². The van der Waals surface area contributed by atoms with Crippen molar-refractivity contribution in [2.45, 2.75) is 5.92 Å². The average molecular weight is 338 g/mol. The monoisotopic (exact) mass is 337 g/mol. The summed E-state index contributed by atoms with van der Waals surface area (Å²) in [4.78, 5) is 21.5. The Hall–Kier alpha value is -2.59. The summed E-state index contributed by atoms with van der Waals surface area (Å²) in [5.74, 6) is 0.479. The zero-order chi connectivity index (χ0) is 16.5. The van der Waals surface area contributed by atoms with Gasteiger partial charge in [-0.1, -0.05) is 35.9 Å². The number of imidazole rings is 1. The Kier molecular flexibility index (Phi) is 3.82. The van der Waals surface area contributed by atoms with Crippen molar-refractivity contribution in [3.05, 3.63) is 77.2 Å². The number of hydrogen-bond donors (Lipinski definition) is 1. The number of rotatable bonds is 3. The Bertz CT molecular complexity index is 835. The minimum atomic E-state index is 0.0800. The van der Waals surface area contributed by atoms with E-state index in [1.807, 2.05) is 53.4 Å². The lowest BCUT2D eigenvalue weighted by Crippen LogP contribution is -2.48. The zero-order valence-electron chi connectivity index (χ0n) is 12.9. The number of benzene rings is 2. The van der Waals surface area contributed by atoms with Crippen LogP contribution in [0.2, 0.25) is 5.02 Å². The number of likely N-dealkylation sites (tertiary alicyclic amines) is 1. The predicted octanol–water partition coefficient (Wildman–Crippen LogP) is 3.97. The maximum atomic E-state index is 12.5. The van der Waals surface area contributed by atoms with E-state index in [-0.39, 0.29) is 5.91 Å². The molecule has 1 fully saturated rings. The van der Waals surface area contributed by atoms with Crippen LogP contribution in [0, 0.1) is 0 Å². The van der Waals surface area contributed by atoms with Gasteiger partial charge in [-0.15, -0.1) is 0 Å². The molecule has 1 aliphatic rings. The molecule has 0 unspecified atom stereocenters. The predicted molar refractivity (Wildman–Crippen MR) is 94.1 cm³/mol. The van der Waals surface area contributed by atoms with Gasteiger partial charge < -0.3 is 9.88 Å². The molecule has 3 aromatic rings. The van der Waals surface area contributed by atoms with Crippen molar-refractivity contribution in [3.8, 4) is 11.3 Å². The van der Waals surface area contributed by atoms with Gasteiger partial charge in [0.2, 0.25) is 0 Å². The summed E-state index contributed by atoms with van der Waals surface area (Å²) in [5.41, 5.74) is 3.92. The Morgan fingerprint density at radius 1 is 1.08 bits per heavy atom. The lowest BCUT2D eigenvalue weighted by atomic mass is 9.91. The van der Waals surface area contributed by atoms with Crippen molar-refractivity contribution in [2.75, 3.05) is 13.1 Å². The molecule has 1 saturated heterocycles. The number of aromatic amines is 1. The number of nitrogens with one attached hydrogen (secondary N) is 1. The van der Waals surface area contributed by atoms with Crippen LogP contribution < -0.4 is 0 Å². The highest BCUT2D eigenvalue weighted by molar-refractivity contribution is 6.30. The molecule has 1 N–H and O–H groups in total. The molecule has 0 saturated carbocycles. The normalized spacial score (nSPS) is 14.5. The van der Waals surface area contributed by atoms with E-state index in [4.69, 9.17) is 11.6 Å². The summed E-state index contributed by atoms with van der Waals surface area (Å²) in [6, 6.07) is 15.5. The highest BCUT2D eigenvalue weighted by atomic mass is 35.5. The molecule has 0 radical (unpaired) electrons.